The van der Waals surface area contributed by atoms with E-state index in [1.54, 1.807) is 53.3 Å². The first kappa shape index (κ1) is 46.3. The van der Waals surface area contributed by atoms with Crippen molar-refractivity contribution in [1.82, 2.24) is 21.3 Å². The topological polar surface area (TPSA) is 155 Å². The molecule has 5 N–H and O–H groups in total. The summed E-state index contributed by atoms with van der Waals surface area (Å²) in [6, 6.07) is 7.83. The Morgan fingerprint density at radius 3 is 2.11 bits per heavy atom. The van der Waals surface area contributed by atoms with E-state index >= 15 is 0 Å². The lowest BCUT2D eigenvalue weighted by atomic mass is 9.84. The van der Waals surface area contributed by atoms with Gasteiger partial charge >= 0.3 is 6.09 Å². The van der Waals surface area contributed by atoms with E-state index in [4.69, 9.17) is 9.47 Å². The highest BCUT2D eigenvalue weighted by Crippen LogP contribution is 2.28. The van der Waals surface area contributed by atoms with Crippen molar-refractivity contribution in [1.29, 1.82) is 0 Å². The molecular formula is C41H70N4O7S. The number of carbonyl (C=O) groups excluding carboxylic acids is 4. The van der Waals surface area contributed by atoms with Gasteiger partial charge in [0.2, 0.25) is 17.7 Å². The molecule has 1 saturated heterocycles. The maximum atomic E-state index is 13.8. The third kappa shape index (κ3) is 17.0. The molecule has 1 aromatic carbocycles. The molecule has 0 saturated carbocycles. The fourth-order valence-electron chi connectivity index (χ4n) is 6.75. The zero-order valence-electron chi connectivity index (χ0n) is 34.2. The number of alkyl carbamates (subject to hydrolysis) is 1. The van der Waals surface area contributed by atoms with Gasteiger partial charge in [0, 0.05) is 12.5 Å². The number of benzene rings is 1. The number of hydrogen-bond donors (Lipinski definition) is 5. The fourth-order valence-corrected chi connectivity index (χ4v) is 7.22. The van der Waals surface area contributed by atoms with Crippen LogP contribution in [0.3, 0.4) is 0 Å². The number of nitrogens with one attached hydrogen (secondary N) is 4. The molecule has 11 nitrogen and oxygen atoms in total. The summed E-state index contributed by atoms with van der Waals surface area (Å²) in [7, 11) is 0. The first-order valence-electron chi connectivity index (χ1n) is 19.5. The summed E-state index contributed by atoms with van der Waals surface area (Å²) < 4.78 is 11.6. The molecule has 1 aliphatic rings. The second-order valence-electron chi connectivity index (χ2n) is 16.9. The molecule has 8 atom stereocenters. The average Bonchev–Trinajstić information content (AvgIpc) is 3.06. The quantitative estimate of drug-likeness (QED) is 0.111. The number of thioether (sulfide) groups is 1. The second-order valence-corrected chi connectivity index (χ2v) is 17.9. The van der Waals surface area contributed by atoms with Gasteiger partial charge in [0.1, 0.15) is 17.7 Å². The molecule has 2 rings (SSSR count). The fraction of sp³-hybridized carbons (Fsp3) is 0.756. The highest BCUT2D eigenvalue weighted by Gasteiger charge is 2.36. The summed E-state index contributed by atoms with van der Waals surface area (Å²) in [4.78, 5) is 53.4. The number of ether oxygens (including phenoxy) is 2. The smallest absolute Gasteiger partial charge is 0.408 e. The number of carbonyl (C=O) groups is 4. The molecule has 53 heavy (non-hydrogen) atoms. The number of rotatable bonds is 20. The molecule has 0 unspecified atom stereocenters. The summed E-state index contributed by atoms with van der Waals surface area (Å²) in [5.74, 6) is -0.519. The van der Waals surface area contributed by atoms with Crippen molar-refractivity contribution in [2.45, 2.75) is 150 Å². The molecule has 1 heterocycles. The third-order valence-corrected chi connectivity index (χ3v) is 10.3. The van der Waals surface area contributed by atoms with Crippen LogP contribution >= 0.6 is 11.8 Å². The Bertz CT molecular complexity index is 1270. The van der Waals surface area contributed by atoms with Gasteiger partial charge in [-0.1, -0.05) is 78.8 Å². The lowest BCUT2D eigenvalue weighted by molar-refractivity contribution is -0.132. The Balaban J connectivity index is 2.10. The Morgan fingerprint density at radius 2 is 1.55 bits per heavy atom. The summed E-state index contributed by atoms with van der Waals surface area (Å²) >= 11 is 1.55. The van der Waals surface area contributed by atoms with Gasteiger partial charge in [-0.15, -0.1) is 0 Å². The van der Waals surface area contributed by atoms with Gasteiger partial charge in [-0.25, -0.2) is 4.79 Å². The molecule has 1 aromatic rings. The van der Waals surface area contributed by atoms with Crippen LogP contribution in [-0.4, -0.2) is 89.5 Å². The standard InChI is InChI=1S/C41H70N4O7S/c1-25(2)21-32(43-38(48)31(18-20-53-11)42-39(49)36(27(5)6)45-40(50)52-41(8,9)10)33(46)22-28(7)37(47)44-35(26(3)4)34-24-30(17-19-51-34)23-29-15-13-12-14-16-29/h12-16,25-28,30-36,46H,17-24H2,1-11H3,(H,42,49)(H,43,48)(H,44,47)(H,45,50)/t28-,30-,31+,32+,33+,34+,35+,36+/m1/s1. The average molecular weight is 763 g/mol. The minimum Gasteiger partial charge on any atom is -0.444 e. The lowest BCUT2D eigenvalue weighted by Gasteiger charge is -2.37. The summed E-state index contributed by atoms with van der Waals surface area (Å²) in [5.41, 5.74) is 0.571. The monoisotopic (exact) mass is 762 g/mol. The van der Waals surface area contributed by atoms with Gasteiger partial charge in [-0.05, 0) is 101 Å². The molecule has 302 valence electrons. The van der Waals surface area contributed by atoms with Crippen LogP contribution in [0.5, 0.6) is 0 Å². The molecule has 1 fully saturated rings. The van der Waals surface area contributed by atoms with E-state index < -0.39 is 53.7 Å². The van der Waals surface area contributed by atoms with Gasteiger partial charge < -0.3 is 35.8 Å². The van der Waals surface area contributed by atoms with E-state index in [1.165, 1.54) is 5.56 Å². The van der Waals surface area contributed by atoms with E-state index in [-0.39, 0.29) is 42.2 Å². The highest BCUT2D eigenvalue weighted by molar-refractivity contribution is 7.98. The first-order chi connectivity index (χ1) is 24.8. The van der Waals surface area contributed by atoms with Crippen LogP contribution in [0, 0.1) is 29.6 Å². The minimum atomic E-state index is -1.00. The SMILES string of the molecule is CSCC[C@H](NC(=O)[C@@H](NC(=O)OC(C)(C)C)C(C)C)C(=O)N[C@@H](CC(C)C)[C@@H](O)C[C@@H](C)C(=O)N[C@@H](C(C)C)[C@@H]1C[C@@H](Cc2ccccc2)CCO1. The van der Waals surface area contributed by atoms with Gasteiger partial charge in [-0.2, -0.15) is 11.8 Å². The van der Waals surface area contributed by atoms with Crippen molar-refractivity contribution in [2.24, 2.45) is 29.6 Å². The highest BCUT2D eigenvalue weighted by atomic mass is 32.2. The number of aliphatic hydroxyl groups is 1. The number of amides is 4. The van der Waals surface area contributed by atoms with E-state index in [0.717, 1.165) is 19.3 Å². The predicted octanol–water partition coefficient (Wildman–Crippen LogP) is 5.87. The van der Waals surface area contributed by atoms with E-state index in [2.05, 4.69) is 59.4 Å². The van der Waals surface area contributed by atoms with E-state index in [9.17, 15) is 24.3 Å². The van der Waals surface area contributed by atoms with Crippen LogP contribution in [-0.2, 0) is 30.3 Å². The molecule has 0 aliphatic carbocycles. The maximum Gasteiger partial charge on any atom is 0.408 e. The van der Waals surface area contributed by atoms with E-state index in [0.29, 0.717) is 31.1 Å². The first-order valence-corrected chi connectivity index (χ1v) is 20.9. The zero-order chi connectivity index (χ0) is 39.9. The Labute approximate surface area is 323 Å². The number of hydrogen-bond acceptors (Lipinski definition) is 8. The Hall–Kier alpha value is -2.83. The van der Waals surface area contributed by atoms with Crippen LogP contribution in [0.4, 0.5) is 4.79 Å². The van der Waals surface area contributed by atoms with E-state index in [1.807, 2.05) is 26.2 Å². The van der Waals surface area contributed by atoms with Crippen LogP contribution < -0.4 is 21.3 Å². The van der Waals surface area contributed by atoms with Crippen LogP contribution in [0.2, 0.25) is 0 Å². The summed E-state index contributed by atoms with van der Waals surface area (Å²) in [6.45, 7) is 19.5. The molecule has 12 heteroatoms. The van der Waals surface area contributed by atoms with Gasteiger partial charge in [0.25, 0.3) is 0 Å². The van der Waals surface area contributed by atoms with Gasteiger partial charge in [-0.3, -0.25) is 14.4 Å². The lowest BCUT2D eigenvalue weighted by Crippen LogP contribution is -2.58. The third-order valence-electron chi connectivity index (χ3n) is 9.64. The van der Waals surface area contributed by atoms with Gasteiger partial charge in [0.05, 0.1) is 24.3 Å². The van der Waals surface area contributed by atoms with Crippen molar-refractivity contribution >= 4 is 35.6 Å². The van der Waals surface area contributed by atoms with Crippen LogP contribution in [0.1, 0.15) is 107 Å². The molecule has 0 aromatic heterocycles. The Kier molecular flexibility index (Phi) is 19.7. The van der Waals surface area contributed by atoms with Gasteiger partial charge in [0.15, 0.2) is 0 Å². The zero-order valence-corrected chi connectivity index (χ0v) is 35.0. The van der Waals surface area contributed by atoms with Crippen molar-refractivity contribution in [3.8, 4) is 0 Å². The molecule has 1 aliphatic heterocycles. The normalized spacial score (nSPS) is 19.8. The van der Waals surface area contributed by atoms with Crippen molar-refractivity contribution in [3.63, 3.8) is 0 Å². The molecule has 0 radical (unpaired) electrons. The summed E-state index contributed by atoms with van der Waals surface area (Å²) in [5, 5.41) is 23.3. The number of aliphatic hydroxyl groups excluding tert-OH is 1. The molecule has 0 bridgehead atoms. The second kappa shape index (κ2) is 22.5. The molecule has 4 amide bonds. The Morgan fingerprint density at radius 1 is 0.887 bits per heavy atom. The van der Waals surface area contributed by atoms with Crippen molar-refractivity contribution < 1.29 is 33.8 Å². The van der Waals surface area contributed by atoms with Crippen LogP contribution in [0.15, 0.2) is 30.3 Å². The van der Waals surface area contributed by atoms with Crippen LogP contribution in [0.25, 0.3) is 0 Å². The maximum absolute atomic E-state index is 13.8. The minimum absolute atomic E-state index is 0.102. The summed E-state index contributed by atoms with van der Waals surface area (Å²) in [6.07, 6.45) is 3.90. The largest absolute Gasteiger partial charge is 0.444 e. The molecule has 0 spiro atoms. The van der Waals surface area contributed by atoms with Crippen molar-refractivity contribution in [3.05, 3.63) is 35.9 Å². The molecular weight excluding hydrogens is 693 g/mol. The van der Waals surface area contributed by atoms with Crippen molar-refractivity contribution in [2.75, 3.05) is 18.6 Å². The predicted molar refractivity (Wildman–Crippen MR) is 213 cm³/mol.